The molecule has 4 nitrogen and oxygen atoms in total. The number of likely N-dealkylation sites (tertiary alicyclic amines) is 1. The molecule has 0 bridgehead atoms. The predicted molar refractivity (Wildman–Crippen MR) is 91.4 cm³/mol. The van der Waals surface area contributed by atoms with Gasteiger partial charge in [0.05, 0.1) is 18.7 Å². The van der Waals surface area contributed by atoms with E-state index in [-0.39, 0.29) is 11.8 Å². The first-order valence-corrected chi connectivity index (χ1v) is 7.96. The fourth-order valence-electron chi connectivity index (χ4n) is 3.01. The highest BCUT2D eigenvalue weighted by molar-refractivity contribution is 5.94. The van der Waals surface area contributed by atoms with Crippen molar-refractivity contribution in [3.63, 3.8) is 0 Å². The molecule has 0 spiro atoms. The number of para-hydroxylation sites is 2. The summed E-state index contributed by atoms with van der Waals surface area (Å²) in [5, 5.41) is 3.00. The number of hydrogen-bond acceptors (Lipinski definition) is 3. The minimum Gasteiger partial charge on any atom is -0.495 e. The zero-order valence-corrected chi connectivity index (χ0v) is 13.4. The first-order chi connectivity index (χ1) is 11.3. The third kappa shape index (κ3) is 3.90. The van der Waals surface area contributed by atoms with E-state index < -0.39 is 0 Å². The second kappa shape index (κ2) is 7.29. The Kier molecular flexibility index (Phi) is 4.93. The van der Waals surface area contributed by atoms with E-state index >= 15 is 0 Å². The van der Waals surface area contributed by atoms with Crippen LogP contribution in [0.5, 0.6) is 5.75 Å². The zero-order chi connectivity index (χ0) is 16.1. The lowest BCUT2D eigenvalue weighted by atomic mass is 10.1. The van der Waals surface area contributed by atoms with Crippen molar-refractivity contribution >= 4 is 11.6 Å². The molecule has 1 amide bonds. The number of amides is 1. The highest BCUT2D eigenvalue weighted by Crippen LogP contribution is 2.25. The number of hydrogen-bond donors (Lipinski definition) is 1. The van der Waals surface area contributed by atoms with Gasteiger partial charge in [-0.1, -0.05) is 42.5 Å². The molecule has 1 aliphatic heterocycles. The SMILES string of the molecule is COc1ccccc1NC(=O)C1CCN(Cc2ccccc2)C1. The summed E-state index contributed by atoms with van der Waals surface area (Å²) in [6.07, 6.45) is 0.897. The van der Waals surface area contributed by atoms with Gasteiger partial charge >= 0.3 is 0 Å². The Morgan fingerprint density at radius 3 is 2.70 bits per heavy atom. The molecule has 1 saturated heterocycles. The fraction of sp³-hybridized carbons (Fsp3) is 0.316. The van der Waals surface area contributed by atoms with Gasteiger partial charge < -0.3 is 10.1 Å². The van der Waals surface area contributed by atoms with E-state index in [0.717, 1.165) is 31.7 Å². The molecule has 1 atom stereocenters. The van der Waals surface area contributed by atoms with Crippen molar-refractivity contribution in [3.8, 4) is 5.75 Å². The van der Waals surface area contributed by atoms with Gasteiger partial charge in [0.2, 0.25) is 5.91 Å². The Bertz CT molecular complexity index is 657. The third-order valence-electron chi connectivity index (χ3n) is 4.26. The Morgan fingerprint density at radius 2 is 1.91 bits per heavy atom. The van der Waals surface area contributed by atoms with E-state index in [9.17, 15) is 4.79 Å². The molecule has 0 aliphatic carbocycles. The lowest BCUT2D eigenvalue weighted by Gasteiger charge is -2.16. The van der Waals surface area contributed by atoms with Crippen molar-refractivity contribution in [1.82, 2.24) is 4.90 Å². The molecule has 1 unspecified atom stereocenters. The Labute approximate surface area is 137 Å². The van der Waals surface area contributed by atoms with Crippen LogP contribution in [0.4, 0.5) is 5.69 Å². The maximum atomic E-state index is 12.5. The maximum absolute atomic E-state index is 12.5. The summed E-state index contributed by atoms with van der Waals surface area (Å²) in [6, 6.07) is 17.9. The molecule has 1 heterocycles. The average molecular weight is 310 g/mol. The van der Waals surface area contributed by atoms with Gasteiger partial charge in [-0.05, 0) is 30.7 Å². The number of carbonyl (C=O) groups is 1. The first-order valence-electron chi connectivity index (χ1n) is 7.96. The smallest absolute Gasteiger partial charge is 0.228 e. The third-order valence-corrected chi connectivity index (χ3v) is 4.26. The van der Waals surface area contributed by atoms with Crippen LogP contribution >= 0.6 is 0 Å². The van der Waals surface area contributed by atoms with Gasteiger partial charge in [0.1, 0.15) is 5.75 Å². The van der Waals surface area contributed by atoms with Crippen molar-refractivity contribution in [2.75, 3.05) is 25.5 Å². The lowest BCUT2D eigenvalue weighted by molar-refractivity contribution is -0.119. The average Bonchev–Trinajstić information content (AvgIpc) is 3.05. The molecule has 4 heteroatoms. The largest absolute Gasteiger partial charge is 0.495 e. The molecule has 2 aromatic rings. The van der Waals surface area contributed by atoms with Crippen LogP contribution < -0.4 is 10.1 Å². The zero-order valence-electron chi connectivity index (χ0n) is 13.4. The van der Waals surface area contributed by atoms with Gasteiger partial charge in [0.15, 0.2) is 0 Å². The van der Waals surface area contributed by atoms with Crippen LogP contribution in [0.25, 0.3) is 0 Å². The molecule has 2 aromatic carbocycles. The molecule has 0 radical (unpaired) electrons. The molecular weight excluding hydrogens is 288 g/mol. The number of anilines is 1. The highest BCUT2D eigenvalue weighted by atomic mass is 16.5. The summed E-state index contributed by atoms with van der Waals surface area (Å²) >= 11 is 0. The maximum Gasteiger partial charge on any atom is 0.228 e. The van der Waals surface area contributed by atoms with E-state index in [1.165, 1.54) is 5.56 Å². The van der Waals surface area contributed by atoms with Crippen LogP contribution in [-0.2, 0) is 11.3 Å². The van der Waals surface area contributed by atoms with Crippen LogP contribution in [0, 0.1) is 5.92 Å². The Morgan fingerprint density at radius 1 is 1.17 bits per heavy atom. The van der Waals surface area contributed by atoms with E-state index in [0.29, 0.717) is 5.75 Å². The number of ether oxygens (including phenoxy) is 1. The van der Waals surface area contributed by atoms with Gasteiger partial charge in [-0.2, -0.15) is 0 Å². The Balaban J connectivity index is 1.57. The lowest BCUT2D eigenvalue weighted by Crippen LogP contribution is -2.27. The van der Waals surface area contributed by atoms with Gasteiger partial charge in [0.25, 0.3) is 0 Å². The number of nitrogens with zero attached hydrogens (tertiary/aromatic N) is 1. The minimum absolute atomic E-state index is 0.0311. The summed E-state index contributed by atoms with van der Waals surface area (Å²) in [5.74, 6) is 0.800. The van der Waals surface area contributed by atoms with E-state index in [2.05, 4.69) is 34.5 Å². The van der Waals surface area contributed by atoms with Crippen molar-refractivity contribution in [3.05, 3.63) is 60.2 Å². The summed E-state index contributed by atoms with van der Waals surface area (Å²) in [6.45, 7) is 2.66. The van der Waals surface area contributed by atoms with Gasteiger partial charge in [0, 0.05) is 13.1 Å². The van der Waals surface area contributed by atoms with Gasteiger partial charge in [-0.15, -0.1) is 0 Å². The normalized spacial score (nSPS) is 17.9. The molecule has 120 valence electrons. The molecule has 0 saturated carbocycles. The van der Waals surface area contributed by atoms with Crippen LogP contribution in [0.3, 0.4) is 0 Å². The number of methoxy groups -OCH3 is 1. The summed E-state index contributed by atoms with van der Waals surface area (Å²) in [7, 11) is 1.61. The monoisotopic (exact) mass is 310 g/mol. The molecule has 1 N–H and O–H groups in total. The summed E-state index contributed by atoms with van der Waals surface area (Å²) in [4.78, 5) is 14.8. The van der Waals surface area contributed by atoms with Crippen LogP contribution in [0.15, 0.2) is 54.6 Å². The van der Waals surface area contributed by atoms with Crippen molar-refractivity contribution in [2.24, 2.45) is 5.92 Å². The molecule has 23 heavy (non-hydrogen) atoms. The van der Waals surface area contributed by atoms with Crippen LogP contribution in [-0.4, -0.2) is 31.0 Å². The van der Waals surface area contributed by atoms with Crippen LogP contribution in [0.2, 0.25) is 0 Å². The van der Waals surface area contributed by atoms with Crippen molar-refractivity contribution < 1.29 is 9.53 Å². The van der Waals surface area contributed by atoms with E-state index in [1.54, 1.807) is 7.11 Å². The standard InChI is InChI=1S/C19H22N2O2/c1-23-18-10-6-5-9-17(18)20-19(22)16-11-12-21(14-16)13-15-7-3-2-4-8-15/h2-10,16H,11-14H2,1H3,(H,20,22). The van der Waals surface area contributed by atoms with Crippen LogP contribution in [0.1, 0.15) is 12.0 Å². The first kappa shape index (κ1) is 15.6. The van der Waals surface area contributed by atoms with Crippen molar-refractivity contribution in [2.45, 2.75) is 13.0 Å². The molecule has 1 aliphatic rings. The molecule has 0 aromatic heterocycles. The fourth-order valence-corrected chi connectivity index (χ4v) is 3.01. The molecule has 3 rings (SSSR count). The Hall–Kier alpha value is -2.33. The molecule has 1 fully saturated rings. The number of carbonyl (C=O) groups excluding carboxylic acids is 1. The van der Waals surface area contributed by atoms with Gasteiger partial charge in [-0.3, -0.25) is 9.69 Å². The number of rotatable bonds is 5. The van der Waals surface area contributed by atoms with E-state index in [1.807, 2.05) is 30.3 Å². The second-order valence-electron chi connectivity index (χ2n) is 5.90. The highest BCUT2D eigenvalue weighted by Gasteiger charge is 2.28. The van der Waals surface area contributed by atoms with Gasteiger partial charge in [-0.25, -0.2) is 0 Å². The minimum atomic E-state index is 0.0311. The summed E-state index contributed by atoms with van der Waals surface area (Å²) < 4.78 is 5.28. The van der Waals surface area contributed by atoms with Crippen molar-refractivity contribution in [1.29, 1.82) is 0 Å². The quantitative estimate of drug-likeness (QED) is 0.922. The summed E-state index contributed by atoms with van der Waals surface area (Å²) in [5.41, 5.74) is 2.03. The topological polar surface area (TPSA) is 41.6 Å². The number of nitrogens with one attached hydrogen (secondary N) is 1. The second-order valence-corrected chi connectivity index (χ2v) is 5.90. The number of benzene rings is 2. The predicted octanol–water partition coefficient (Wildman–Crippen LogP) is 3.16. The molecular formula is C19H22N2O2. The van der Waals surface area contributed by atoms with E-state index in [4.69, 9.17) is 4.74 Å².